The molecule has 0 spiro atoms. The minimum Gasteiger partial charge on any atom is -0.472 e. The highest BCUT2D eigenvalue weighted by molar-refractivity contribution is 5.95. The maximum Gasteiger partial charge on any atom is 0.254 e. The highest BCUT2D eigenvalue weighted by Gasteiger charge is 2.28. The first-order valence-corrected chi connectivity index (χ1v) is 7.89. The minimum atomic E-state index is -0.570. The van der Waals surface area contributed by atoms with Gasteiger partial charge in [-0.25, -0.2) is 0 Å². The highest BCUT2D eigenvalue weighted by atomic mass is 19.1. The molecule has 1 amide bonds. The van der Waals surface area contributed by atoms with Crippen molar-refractivity contribution in [3.05, 3.63) is 54.0 Å². The largest absolute Gasteiger partial charge is 0.472 e. The molecule has 0 N–H and O–H groups in total. The molecule has 5 nitrogen and oxygen atoms in total. The number of hydrogen-bond acceptors (Lipinski definition) is 4. The predicted molar refractivity (Wildman–Crippen MR) is 89.9 cm³/mol. The molecule has 1 unspecified atom stereocenters. The lowest BCUT2D eigenvalue weighted by Crippen LogP contribution is -2.31. The topological polar surface area (TPSA) is 45.7 Å². The molecule has 2 aromatic rings. The average Bonchev–Trinajstić information content (AvgIpc) is 3.02. The number of rotatable bonds is 4. The molecule has 0 saturated carbocycles. The molecule has 1 aliphatic heterocycles. The fourth-order valence-electron chi connectivity index (χ4n) is 2.73. The first kappa shape index (κ1) is 16.2. The maximum absolute atomic E-state index is 13.1. The average molecular weight is 329 g/mol. The van der Waals surface area contributed by atoms with Crippen LogP contribution in [0.3, 0.4) is 0 Å². The first-order chi connectivity index (χ1) is 11.5. The monoisotopic (exact) mass is 329 g/mol. The van der Waals surface area contributed by atoms with Crippen LogP contribution in [0.15, 0.2) is 42.5 Å². The number of nitrogens with zero attached hydrogens (tertiary/aromatic N) is 3. The van der Waals surface area contributed by atoms with Crippen molar-refractivity contribution >= 4 is 11.6 Å². The number of amides is 1. The first-order valence-electron chi connectivity index (χ1n) is 7.89. The molecule has 126 valence electrons. The number of pyridine rings is 1. The second-order valence-electron chi connectivity index (χ2n) is 6.02. The van der Waals surface area contributed by atoms with Crippen LogP contribution in [0.5, 0.6) is 5.88 Å². The number of carbonyl (C=O) groups excluding carboxylic acids is 1. The molecule has 1 fully saturated rings. The smallest absolute Gasteiger partial charge is 0.254 e. The van der Waals surface area contributed by atoms with Crippen LogP contribution in [0.25, 0.3) is 0 Å². The number of benzene rings is 1. The third kappa shape index (κ3) is 3.64. The van der Waals surface area contributed by atoms with E-state index in [1.165, 1.54) is 6.07 Å². The summed E-state index contributed by atoms with van der Waals surface area (Å²) in [5.41, 5.74) is 1.64. The van der Waals surface area contributed by atoms with E-state index in [9.17, 15) is 9.18 Å². The second-order valence-corrected chi connectivity index (χ2v) is 6.02. The summed E-state index contributed by atoms with van der Waals surface area (Å²) in [4.78, 5) is 20.1. The zero-order valence-corrected chi connectivity index (χ0v) is 13.8. The van der Waals surface area contributed by atoms with Crippen LogP contribution in [0.2, 0.25) is 0 Å². The zero-order chi connectivity index (χ0) is 17.1. The van der Waals surface area contributed by atoms with Gasteiger partial charge in [0.1, 0.15) is 6.10 Å². The fourth-order valence-corrected chi connectivity index (χ4v) is 2.73. The SMILES string of the molecule is CN(C)c1cccc(C(=O)N2CCC(Oc3cccc(F)n3)C2)c1. The predicted octanol–water partition coefficient (Wildman–Crippen LogP) is 2.58. The Labute approximate surface area is 140 Å². The van der Waals surface area contributed by atoms with Crippen LogP contribution < -0.4 is 9.64 Å². The molecule has 1 atom stereocenters. The van der Waals surface area contributed by atoms with Gasteiger partial charge in [-0.2, -0.15) is 9.37 Å². The minimum absolute atomic E-state index is 0.0167. The Hall–Kier alpha value is -2.63. The van der Waals surface area contributed by atoms with Gasteiger partial charge in [-0.15, -0.1) is 0 Å². The highest BCUT2D eigenvalue weighted by Crippen LogP contribution is 2.20. The van der Waals surface area contributed by atoms with Crippen molar-refractivity contribution in [2.75, 3.05) is 32.1 Å². The van der Waals surface area contributed by atoms with Crippen LogP contribution in [-0.2, 0) is 0 Å². The van der Waals surface area contributed by atoms with Gasteiger partial charge in [0.25, 0.3) is 5.91 Å². The summed E-state index contributed by atoms with van der Waals surface area (Å²) < 4.78 is 18.8. The lowest BCUT2D eigenvalue weighted by atomic mass is 10.1. The molecule has 1 aliphatic rings. The number of ether oxygens (including phenoxy) is 1. The molecule has 6 heteroatoms. The molecule has 3 rings (SSSR count). The van der Waals surface area contributed by atoms with Crippen molar-refractivity contribution in [2.45, 2.75) is 12.5 Å². The molecule has 1 aromatic carbocycles. The van der Waals surface area contributed by atoms with E-state index in [1.54, 1.807) is 17.0 Å². The molecule has 2 heterocycles. The fraction of sp³-hybridized carbons (Fsp3) is 0.333. The van der Waals surface area contributed by atoms with Gasteiger partial charge in [-0.05, 0) is 24.3 Å². The summed E-state index contributed by atoms with van der Waals surface area (Å²) in [6, 6.07) is 12.0. The molecule has 1 aromatic heterocycles. The van der Waals surface area contributed by atoms with Crippen molar-refractivity contribution in [3.63, 3.8) is 0 Å². The van der Waals surface area contributed by atoms with Crippen LogP contribution in [0.1, 0.15) is 16.8 Å². The number of halogens is 1. The number of hydrogen-bond donors (Lipinski definition) is 0. The van der Waals surface area contributed by atoms with Crippen molar-refractivity contribution in [2.24, 2.45) is 0 Å². The normalized spacial score (nSPS) is 17.0. The number of anilines is 1. The molecular weight excluding hydrogens is 309 g/mol. The Bertz CT molecular complexity index is 736. The van der Waals surface area contributed by atoms with Gasteiger partial charge in [-0.1, -0.05) is 12.1 Å². The van der Waals surface area contributed by atoms with Crippen molar-refractivity contribution in [1.82, 2.24) is 9.88 Å². The molecule has 24 heavy (non-hydrogen) atoms. The number of aromatic nitrogens is 1. The Kier molecular flexibility index (Phi) is 4.64. The Morgan fingerprint density at radius 3 is 2.83 bits per heavy atom. The number of carbonyl (C=O) groups is 1. The van der Waals surface area contributed by atoms with Gasteiger partial charge in [0.2, 0.25) is 11.8 Å². The Morgan fingerprint density at radius 2 is 2.08 bits per heavy atom. The van der Waals surface area contributed by atoms with Gasteiger partial charge < -0.3 is 14.5 Å². The van der Waals surface area contributed by atoms with Gasteiger partial charge in [-0.3, -0.25) is 4.79 Å². The quantitative estimate of drug-likeness (QED) is 0.809. The van der Waals surface area contributed by atoms with E-state index in [0.717, 1.165) is 5.69 Å². The third-order valence-electron chi connectivity index (χ3n) is 4.02. The van der Waals surface area contributed by atoms with Crippen LogP contribution in [-0.4, -0.2) is 49.1 Å². The van der Waals surface area contributed by atoms with Crippen LogP contribution in [0.4, 0.5) is 10.1 Å². The summed E-state index contributed by atoms with van der Waals surface area (Å²) in [6.45, 7) is 1.09. The molecule has 1 saturated heterocycles. The lowest BCUT2D eigenvalue weighted by Gasteiger charge is -2.18. The van der Waals surface area contributed by atoms with Crippen molar-refractivity contribution in [1.29, 1.82) is 0 Å². The van der Waals surface area contributed by atoms with E-state index in [0.29, 0.717) is 25.1 Å². The van der Waals surface area contributed by atoms with Crippen molar-refractivity contribution in [3.8, 4) is 5.88 Å². The summed E-state index contributed by atoms with van der Waals surface area (Å²) in [7, 11) is 3.88. The van der Waals surface area contributed by atoms with Crippen molar-refractivity contribution < 1.29 is 13.9 Å². The van der Waals surface area contributed by atoms with E-state index in [4.69, 9.17) is 4.74 Å². The third-order valence-corrected chi connectivity index (χ3v) is 4.02. The maximum atomic E-state index is 13.1. The van der Waals surface area contributed by atoms with E-state index >= 15 is 0 Å². The van der Waals surface area contributed by atoms with Gasteiger partial charge >= 0.3 is 0 Å². The summed E-state index contributed by atoms with van der Waals surface area (Å²) >= 11 is 0. The van der Waals surface area contributed by atoms with E-state index in [1.807, 2.05) is 43.3 Å². The van der Waals surface area contributed by atoms with Gasteiger partial charge in [0.15, 0.2) is 0 Å². The molecule has 0 bridgehead atoms. The second kappa shape index (κ2) is 6.86. The Balaban J connectivity index is 1.64. The lowest BCUT2D eigenvalue weighted by molar-refractivity contribution is 0.0771. The molecular formula is C18H20FN3O2. The van der Waals surface area contributed by atoms with Crippen LogP contribution >= 0.6 is 0 Å². The van der Waals surface area contributed by atoms with E-state index < -0.39 is 5.95 Å². The molecule has 0 aliphatic carbocycles. The van der Waals surface area contributed by atoms with Gasteiger partial charge in [0.05, 0.1) is 6.54 Å². The van der Waals surface area contributed by atoms with Gasteiger partial charge in [0, 0.05) is 44.4 Å². The summed E-state index contributed by atoms with van der Waals surface area (Å²) in [5, 5.41) is 0. The zero-order valence-electron chi connectivity index (χ0n) is 13.8. The Morgan fingerprint density at radius 1 is 1.29 bits per heavy atom. The summed E-state index contributed by atoms with van der Waals surface area (Å²) in [5.74, 6) is -0.333. The molecule has 0 radical (unpaired) electrons. The number of likely N-dealkylation sites (tertiary alicyclic amines) is 1. The van der Waals surface area contributed by atoms with E-state index in [2.05, 4.69) is 4.98 Å². The van der Waals surface area contributed by atoms with E-state index in [-0.39, 0.29) is 17.9 Å². The standard InChI is InChI=1S/C18H20FN3O2/c1-21(2)14-6-3-5-13(11-14)18(23)22-10-9-15(12-22)24-17-8-4-7-16(19)20-17/h3-8,11,15H,9-10,12H2,1-2H3. The summed E-state index contributed by atoms with van der Waals surface area (Å²) in [6.07, 6.45) is 0.539. The van der Waals surface area contributed by atoms with Crippen LogP contribution in [0, 0.1) is 5.95 Å².